The molecule has 0 unspecified atom stereocenters. The van der Waals surface area contributed by atoms with Gasteiger partial charge in [-0.25, -0.2) is 0 Å². The molecule has 0 aromatic heterocycles. The number of hydrogen-bond acceptors (Lipinski definition) is 3. The van der Waals surface area contributed by atoms with Gasteiger partial charge in [-0.1, -0.05) is 73.7 Å². The van der Waals surface area contributed by atoms with Crippen molar-refractivity contribution in [1.82, 2.24) is 0 Å². The summed E-state index contributed by atoms with van der Waals surface area (Å²) in [4.78, 5) is 1.29. The molecule has 136 valence electrons. The van der Waals surface area contributed by atoms with E-state index in [0.29, 0.717) is 0 Å². The molecule has 2 N–H and O–H groups in total. The molecule has 2 nitrogen and oxygen atoms in total. The van der Waals surface area contributed by atoms with Gasteiger partial charge in [-0.3, -0.25) is 0 Å². The monoisotopic (exact) mass is 372 g/mol. The first kappa shape index (κ1) is 19.0. The van der Waals surface area contributed by atoms with Gasteiger partial charge in [0.15, 0.2) is 0 Å². The molecule has 0 bridgehead atoms. The fourth-order valence-electron chi connectivity index (χ4n) is 3.38. The number of benzene rings is 3. The number of nitrogens with two attached hydrogens (primary N) is 1. The van der Waals surface area contributed by atoms with Gasteiger partial charge in [-0.15, -0.1) is 11.8 Å². The van der Waals surface area contributed by atoms with E-state index in [2.05, 4.69) is 91.1 Å². The van der Waals surface area contributed by atoms with Crippen LogP contribution in [0.5, 0.6) is 0 Å². The van der Waals surface area contributed by atoms with Crippen LogP contribution in [0, 0.1) is 0 Å². The first-order chi connectivity index (χ1) is 13.3. The van der Waals surface area contributed by atoms with Crippen molar-refractivity contribution in [2.45, 2.75) is 18.2 Å². The van der Waals surface area contributed by atoms with E-state index < -0.39 is 0 Å². The maximum Gasteiger partial charge on any atom is 0.0538 e. The van der Waals surface area contributed by atoms with Crippen LogP contribution in [0.2, 0.25) is 0 Å². The molecular weight excluding hydrogens is 348 g/mol. The molecule has 3 rings (SSSR count). The largest absolute Gasteiger partial charge is 0.323 e. The molecule has 0 aliphatic heterocycles. The Bertz CT molecular complexity index is 959. The molecule has 0 aliphatic carbocycles. The summed E-state index contributed by atoms with van der Waals surface area (Å²) >= 11 is 1.79. The second-order valence-corrected chi connectivity index (χ2v) is 7.03. The molecular formula is C24H24N2S. The van der Waals surface area contributed by atoms with Crippen LogP contribution in [0.4, 0.5) is 0 Å². The van der Waals surface area contributed by atoms with E-state index >= 15 is 0 Å². The summed E-state index contributed by atoms with van der Waals surface area (Å²) in [6, 6.07) is 27.6. The number of hydrogen-bond donors (Lipinski definition) is 1. The average molecular weight is 373 g/mol. The van der Waals surface area contributed by atoms with Gasteiger partial charge < -0.3 is 5.84 Å². The Morgan fingerprint density at radius 1 is 0.926 bits per heavy atom. The lowest BCUT2D eigenvalue weighted by Gasteiger charge is -2.18. The molecule has 0 radical (unpaired) electrons. The van der Waals surface area contributed by atoms with Crippen molar-refractivity contribution >= 4 is 29.1 Å². The highest BCUT2D eigenvalue weighted by atomic mass is 32.2. The SMILES string of the molecule is CC/C(=C(/c1ccccc1)c1cccc(/C=N\N)c1)c1ccccc1SC. The predicted molar refractivity (Wildman–Crippen MR) is 119 cm³/mol. The minimum Gasteiger partial charge on any atom is -0.323 e. The van der Waals surface area contributed by atoms with Crippen LogP contribution in [0.1, 0.15) is 35.6 Å². The van der Waals surface area contributed by atoms with Gasteiger partial charge >= 0.3 is 0 Å². The van der Waals surface area contributed by atoms with E-state index in [9.17, 15) is 0 Å². The van der Waals surface area contributed by atoms with Crippen LogP contribution in [-0.2, 0) is 0 Å². The molecule has 3 heteroatoms. The van der Waals surface area contributed by atoms with Gasteiger partial charge in [0.25, 0.3) is 0 Å². The van der Waals surface area contributed by atoms with Crippen molar-refractivity contribution in [3.8, 4) is 0 Å². The topological polar surface area (TPSA) is 38.4 Å². The zero-order chi connectivity index (χ0) is 19.1. The molecule has 0 saturated heterocycles. The Morgan fingerprint density at radius 3 is 2.33 bits per heavy atom. The zero-order valence-corrected chi connectivity index (χ0v) is 16.5. The summed E-state index contributed by atoms with van der Waals surface area (Å²) in [6.07, 6.45) is 4.76. The molecule has 0 fully saturated rings. The lowest BCUT2D eigenvalue weighted by Crippen LogP contribution is -1.97. The Hall–Kier alpha value is -2.78. The summed E-state index contributed by atoms with van der Waals surface area (Å²) in [6.45, 7) is 2.22. The van der Waals surface area contributed by atoms with Crippen LogP contribution >= 0.6 is 11.8 Å². The average Bonchev–Trinajstić information content (AvgIpc) is 2.73. The highest BCUT2D eigenvalue weighted by Gasteiger charge is 2.15. The number of thioether (sulfide) groups is 1. The fraction of sp³-hybridized carbons (Fsp3) is 0.125. The molecule has 27 heavy (non-hydrogen) atoms. The standard InChI is InChI=1S/C24H24N2S/c1-3-21(22-14-7-8-15-23(22)27-2)24(19-11-5-4-6-12-19)20-13-9-10-18(16-20)17-26-25/h4-17H,3,25H2,1-2H3/b24-21+,26-17-. The van der Waals surface area contributed by atoms with Gasteiger partial charge in [-0.05, 0) is 58.2 Å². The fourth-order valence-corrected chi connectivity index (χ4v) is 4.00. The third kappa shape index (κ3) is 4.32. The smallest absolute Gasteiger partial charge is 0.0538 e. The molecule has 3 aromatic carbocycles. The summed E-state index contributed by atoms with van der Waals surface area (Å²) in [5.41, 5.74) is 7.28. The molecule has 0 spiro atoms. The van der Waals surface area contributed by atoms with Crippen molar-refractivity contribution in [2.75, 3.05) is 6.26 Å². The van der Waals surface area contributed by atoms with Crippen molar-refractivity contribution in [3.05, 3.63) is 101 Å². The van der Waals surface area contributed by atoms with Crippen LogP contribution in [0.15, 0.2) is 88.9 Å². The molecule has 0 amide bonds. The van der Waals surface area contributed by atoms with Crippen LogP contribution < -0.4 is 5.84 Å². The minimum absolute atomic E-state index is 0.941. The molecule has 3 aromatic rings. The zero-order valence-electron chi connectivity index (χ0n) is 15.7. The summed E-state index contributed by atoms with van der Waals surface area (Å²) in [5.74, 6) is 5.37. The Kier molecular flexibility index (Phi) is 6.50. The van der Waals surface area contributed by atoms with E-state index in [0.717, 1.165) is 12.0 Å². The number of allylic oxidation sites excluding steroid dienone is 1. The Morgan fingerprint density at radius 2 is 1.63 bits per heavy atom. The third-order valence-corrected chi connectivity index (χ3v) is 5.34. The Balaban J connectivity index is 2.32. The van der Waals surface area contributed by atoms with Crippen LogP contribution in [0.25, 0.3) is 11.1 Å². The highest BCUT2D eigenvalue weighted by molar-refractivity contribution is 7.98. The Labute approximate surface area is 165 Å². The first-order valence-electron chi connectivity index (χ1n) is 9.04. The summed E-state index contributed by atoms with van der Waals surface area (Å²) in [5, 5.41) is 3.69. The summed E-state index contributed by atoms with van der Waals surface area (Å²) in [7, 11) is 0. The predicted octanol–water partition coefficient (Wildman–Crippen LogP) is 6.07. The quantitative estimate of drug-likeness (QED) is 0.187. The highest BCUT2D eigenvalue weighted by Crippen LogP contribution is 2.37. The van der Waals surface area contributed by atoms with Gasteiger partial charge in [0, 0.05) is 4.90 Å². The second kappa shape index (κ2) is 9.24. The van der Waals surface area contributed by atoms with Gasteiger partial charge in [-0.2, -0.15) is 5.10 Å². The van der Waals surface area contributed by atoms with Crippen LogP contribution in [0.3, 0.4) is 0 Å². The van der Waals surface area contributed by atoms with E-state index in [1.54, 1.807) is 18.0 Å². The number of nitrogens with zero attached hydrogens (tertiary/aromatic N) is 1. The van der Waals surface area contributed by atoms with E-state index in [1.165, 1.54) is 32.7 Å². The van der Waals surface area contributed by atoms with E-state index in [4.69, 9.17) is 5.84 Å². The number of hydrazone groups is 1. The summed E-state index contributed by atoms with van der Waals surface area (Å²) < 4.78 is 0. The van der Waals surface area contributed by atoms with E-state index in [1.807, 2.05) is 6.07 Å². The number of rotatable bonds is 6. The van der Waals surface area contributed by atoms with Crippen LogP contribution in [-0.4, -0.2) is 12.5 Å². The molecule has 0 saturated carbocycles. The van der Waals surface area contributed by atoms with Gasteiger partial charge in [0.05, 0.1) is 6.21 Å². The lowest BCUT2D eigenvalue weighted by atomic mass is 9.87. The molecule has 0 atom stereocenters. The molecule has 0 aliphatic rings. The molecule has 0 heterocycles. The third-order valence-electron chi connectivity index (χ3n) is 4.55. The lowest BCUT2D eigenvalue weighted by molar-refractivity contribution is 1.21. The van der Waals surface area contributed by atoms with Gasteiger partial charge in [0.1, 0.15) is 0 Å². The van der Waals surface area contributed by atoms with Gasteiger partial charge in [0.2, 0.25) is 0 Å². The second-order valence-electron chi connectivity index (χ2n) is 6.18. The van der Waals surface area contributed by atoms with Crippen molar-refractivity contribution in [2.24, 2.45) is 10.9 Å². The minimum atomic E-state index is 0.941. The van der Waals surface area contributed by atoms with Crippen molar-refractivity contribution < 1.29 is 0 Å². The normalized spacial score (nSPS) is 12.2. The maximum atomic E-state index is 5.37. The first-order valence-corrected chi connectivity index (χ1v) is 10.3. The van der Waals surface area contributed by atoms with Crippen molar-refractivity contribution in [3.63, 3.8) is 0 Å². The van der Waals surface area contributed by atoms with E-state index in [-0.39, 0.29) is 0 Å². The van der Waals surface area contributed by atoms with Crippen molar-refractivity contribution in [1.29, 1.82) is 0 Å². The maximum absolute atomic E-state index is 5.37.